The lowest BCUT2D eigenvalue weighted by Crippen LogP contribution is -2.47. The molecule has 1 N–H and O–H groups in total. The van der Waals surface area contributed by atoms with Crippen molar-refractivity contribution in [2.24, 2.45) is 4.99 Å². The number of nitrogens with zero attached hydrogens (tertiary/aromatic N) is 3. The highest BCUT2D eigenvalue weighted by molar-refractivity contribution is 14.0. The number of amides is 2. The van der Waals surface area contributed by atoms with E-state index < -0.39 is 0 Å². The molecular weight excluding hydrogens is 535 g/mol. The second-order valence-electron chi connectivity index (χ2n) is 8.64. The molecule has 1 aromatic carbocycles. The van der Waals surface area contributed by atoms with Gasteiger partial charge >= 0.3 is 0 Å². The van der Waals surface area contributed by atoms with Crippen LogP contribution < -0.4 is 5.32 Å². The van der Waals surface area contributed by atoms with Gasteiger partial charge in [0.2, 0.25) is 0 Å². The van der Waals surface area contributed by atoms with E-state index in [2.05, 4.69) is 15.2 Å². The first kappa shape index (κ1) is 25.9. The number of hydrogen-bond donors (Lipinski definition) is 1. The molecule has 0 aliphatic carbocycles. The Morgan fingerprint density at radius 3 is 2.42 bits per heavy atom. The van der Waals surface area contributed by atoms with Crippen LogP contribution in [0.2, 0.25) is 0 Å². The number of guanidine groups is 1. The van der Waals surface area contributed by atoms with Crippen molar-refractivity contribution in [3.05, 3.63) is 35.4 Å². The van der Waals surface area contributed by atoms with E-state index in [9.17, 15) is 9.59 Å². The van der Waals surface area contributed by atoms with Crippen LogP contribution in [0, 0.1) is 0 Å². The number of hydrogen-bond acceptors (Lipinski definition) is 5. The van der Waals surface area contributed by atoms with Crippen molar-refractivity contribution in [2.45, 2.75) is 50.7 Å². The van der Waals surface area contributed by atoms with Crippen molar-refractivity contribution in [3.63, 3.8) is 0 Å². The highest BCUT2D eigenvalue weighted by Crippen LogP contribution is 2.22. The Hall–Kier alpha value is -1.72. The Kier molecular flexibility index (Phi) is 9.94. The van der Waals surface area contributed by atoms with Gasteiger partial charge in [-0.05, 0) is 50.7 Å². The van der Waals surface area contributed by atoms with Crippen LogP contribution in [0.15, 0.2) is 29.3 Å². The molecule has 1 unspecified atom stereocenters. The zero-order chi connectivity index (χ0) is 22.3. The Bertz CT molecular complexity index is 801. The Morgan fingerprint density at radius 1 is 1.12 bits per heavy atom. The van der Waals surface area contributed by atoms with Gasteiger partial charge < -0.3 is 19.7 Å². The average molecular weight is 570 g/mol. The Balaban J connectivity index is 0.00000306. The molecule has 1 atom stereocenters. The van der Waals surface area contributed by atoms with Gasteiger partial charge in [0, 0.05) is 39.8 Å². The number of unbranched alkanes of at least 4 members (excludes halogenated alkanes) is 1. The van der Waals surface area contributed by atoms with Crippen molar-refractivity contribution in [3.8, 4) is 0 Å². The summed E-state index contributed by atoms with van der Waals surface area (Å²) in [6, 6.07) is 7.03. The number of halogens is 1. The van der Waals surface area contributed by atoms with Crippen molar-refractivity contribution < 1.29 is 19.1 Å². The summed E-state index contributed by atoms with van der Waals surface area (Å²) in [6.07, 6.45) is 6.44. The van der Waals surface area contributed by atoms with Gasteiger partial charge in [-0.3, -0.25) is 19.5 Å². The van der Waals surface area contributed by atoms with Gasteiger partial charge in [0.05, 0.1) is 29.9 Å². The standard InChI is InChI=1S/C24H34N4O4.HI/c1-25-24(27-14-10-18(11-15-27)32-17-19-7-6-16-31-19)26-12-4-5-13-28-22(29)20-8-2-3-9-21(20)23(28)30;/h2-3,8-9,18-19H,4-7,10-17H2,1H3,(H,25,26);1H. The highest BCUT2D eigenvalue weighted by atomic mass is 127. The largest absolute Gasteiger partial charge is 0.376 e. The van der Waals surface area contributed by atoms with Gasteiger partial charge in [-0.25, -0.2) is 0 Å². The zero-order valence-electron chi connectivity index (χ0n) is 19.3. The van der Waals surface area contributed by atoms with Crippen LogP contribution in [0.1, 0.15) is 59.2 Å². The number of nitrogens with one attached hydrogen (secondary N) is 1. The third kappa shape index (κ3) is 6.45. The fourth-order valence-corrected chi connectivity index (χ4v) is 4.62. The number of benzene rings is 1. The number of aliphatic imine (C=N–C) groups is 1. The molecule has 182 valence electrons. The van der Waals surface area contributed by atoms with E-state index in [4.69, 9.17) is 9.47 Å². The van der Waals surface area contributed by atoms with Crippen LogP contribution >= 0.6 is 24.0 Å². The quantitative estimate of drug-likeness (QED) is 0.170. The predicted molar refractivity (Wildman–Crippen MR) is 137 cm³/mol. The number of rotatable bonds is 8. The first-order valence-electron chi connectivity index (χ1n) is 11.8. The van der Waals surface area contributed by atoms with E-state index in [1.54, 1.807) is 31.3 Å². The van der Waals surface area contributed by atoms with Crippen LogP contribution in [-0.2, 0) is 9.47 Å². The number of ether oxygens (including phenoxy) is 2. The lowest BCUT2D eigenvalue weighted by Gasteiger charge is -2.34. The molecule has 8 nitrogen and oxygen atoms in total. The molecule has 0 aromatic heterocycles. The highest BCUT2D eigenvalue weighted by Gasteiger charge is 2.34. The number of piperidine rings is 1. The Morgan fingerprint density at radius 2 is 1.82 bits per heavy atom. The van der Waals surface area contributed by atoms with Gasteiger partial charge in [0.15, 0.2) is 5.96 Å². The molecule has 0 bridgehead atoms. The molecule has 0 radical (unpaired) electrons. The SMILES string of the molecule is CN=C(NCCCCN1C(=O)c2ccccc2C1=O)N1CCC(OCC2CCCO2)CC1.I. The lowest BCUT2D eigenvalue weighted by atomic mass is 10.1. The third-order valence-corrected chi connectivity index (χ3v) is 6.46. The molecule has 3 aliphatic heterocycles. The van der Waals surface area contributed by atoms with Crippen molar-refractivity contribution in [1.29, 1.82) is 0 Å². The second-order valence-corrected chi connectivity index (χ2v) is 8.64. The molecule has 2 amide bonds. The number of carbonyl (C=O) groups is 2. The molecule has 9 heteroatoms. The summed E-state index contributed by atoms with van der Waals surface area (Å²) in [5.74, 6) is 0.543. The minimum atomic E-state index is -0.182. The van der Waals surface area contributed by atoms with Crippen molar-refractivity contribution >= 4 is 41.8 Å². The minimum Gasteiger partial charge on any atom is -0.376 e. The van der Waals surface area contributed by atoms with E-state index in [1.165, 1.54) is 4.90 Å². The second kappa shape index (κ2) is 12.7. The summed E-state index contributed by atoms with van der Waals surface area (Å²) in [5, 5.41) is 3.42. The normalized spacial score (nSPS) is 21.4. The molecule has 33 heavy (non-hydrogen) atoms. The number of carbonyl (C=O) groups excluding carboxylic acids is 2. The fourth-order valence-electron chi connectivity index (χ4n) is 4.62. The zero-order valence-corrected chi connectivity index (χ0v) is 21.7. The molecule has 3 heterocycles. The number of imide groups is 1. The first-order valence-corrected chi connectivity index (χ1v) is 11.8. The maximum atomic E-state index is 12.4. The van der Waals surface area contributed by atoms with Gasteiger partial charge in [-0.1, -0.05) is 12.1 Å². The van der Waals surface area contributed by atoms with Gasteiger partial charge in [0.25, 0.3) is 11.8 Å². The maximum Gasteiger partial charge on any atom is 0.261 e. The molecule has 1 aromatic rings. The average Bonchev–Trinajstić information content (AvgIpc) is 3.43. The monoisotopic (exact) mass is 570 g/mol. The summed E-state index contributed by atoms with van der Waals surface area (Å²) < 4.78 is 11.7. The topological polar surface area (TPSA) is 83.5 Å². The van der Waals surface area contributed by atoms with E-state index in [0.717, 1.165) is 70.7 Å². The van der Waals surface area contributed by atoms with Crippen molar-refractivity contribution in [1.82, 2.24) is 15.1 Å². The minimum absolute atomic E-state index is 0. The van der Waals surface area contributed by atoms with Gasteiger partial charge in [0.1, 0.15) is 0 Å². The smallest absolute Gasteiger partial charge is 0.261 e. The van der Waals surface area contributed by atoms with Crippen LogP contribution in [-0.4, -0.2) is 86.2 Å². The van der Waals surface area contributed by atoms with Crippen LogP contribution in [0.25, 0.3) is 0 Å². The summed E-state index contributed by atoms with van der Waals surface area (Å²) in [6.45, 7) is 4.62. The maximum absolute atomic E-state index is 12.4. The van der Waals surface area contributed by atoms with Gasteiger partial charge in [-0.15, -0.1) is 24.0 Å². The van der Waals surface area contributed by atoms with E-state index >= 15 is 0 Å². The van der Waals surface area contributed by atoms with E-state index in [-0.39, 0.29) is 41.9 Å². The Labute approximate surface area is 213 Å². The van der Waals surface area contributed by atoms with E-state index in [1.807, 2.05) is 0 Å². The van der Waals surface area contributed by atoms with Crippen LogP contribution in [0.4, 0.5) is 0 Å². The summed E-state index contributed by atoms with van der Waals surface area (Å²) >= 11 is 0. The van der Waals surface area contributed by atoms with Crippen LogP contribution in [0.5, 0.6) is 0 Å². The molecule has 2 fully saturated rings. The van der Waals surface area contributed by atoms with E-state index in [0.29, 0.717) is 30.4 Å². The molecule has 0 spiro atoms. The molecule has 0 saturated carbocycles. The predicted octanol–water partition coefficient (Wildman–Crippen LogP) is 2.92. The third-order valence-electron chi connectivity index (χ3n) is 6.46. The molecule has 2 saturated heterocycles. The summed E-state index contributed by atoms with van der Waals surface area (Å²) in [5.41, 5.74) is 1.03. The van der Waals surface area contributed by atoms with Crippen LogP contribution in [0.3, 0.4) is 0 Å². The van der Waals surface area contributed by atoms with Crippen molar-refractivity contribution in [2.75, 3.05) is 46.4 Å². The molecule has 4 rings (SSSR count). The summed E-state index contributed by atoms with van der Waals surface area (Å²) in [4.78, 5) is 32.9. The fraction of sp³-hybridized carbons (Fsp3) is 0.625. The number of fused-ring (bicyclic) bond motifs is 1. The first-order chi connectivity index (χ1) is 15.7. The van der Waals surface area contributed by atoms with Gasteiger partial charge in [-0.2, -0.15) is 0 Å². The number of likely N-dealkylation sites (tertiary alicyclic amines) is 1. The molecule has 3 aliphatic rings. The summed E-state index contributed by atoms with van der Waals surface area (Å²) in [7, 11) is 1.81. The lowest BCUT2D eigenvalue weighted by molar-refractivity contribution is -0.0367. The molecular formula is C24H35IN4O4.